The van der Waals surface area contributed by atoms with Crippen molar-refractivity contribution in [2.24, 2.45) is 5.10 Å². The summed E-state index contributed by atoms with van der Waals surface area (Å²) in [5.74, 6) is 0.851. The second kappa shape index (κ2) is 9.03. The van der Waals surface area contributed by atoms with Crippen LogP contribution in [0.1, 0.15) is 23.5 Å². The average Bonchev–Trinajstić information content (AvgIpc) is 3.08. The number of nitrogens with zero attached hydrogens (tertiary/aromatic N) is 2. The molecule has 0 radical (unpaired) electrons. The Morgan fingerprint density at radius 3 is 2.68 bits per heavy atom. The van der Waals surface area contributed by atoms with E-state index in [0.29, 0.717) is 30.0 Å². The molecule has 1 fully saturated rings. The number of rotatable bonds is 7. The molecule has 7 heteroatoms. The molecule has 0 saturated carbocycles. The number of nitrogens with one attached hydrogen (secondary N) is 1. The minimum atomic E-state index is -0.347. The predicted octanol–water partition coefficient (Wildman–Crippen LogP) is 2.17. The Bertz CT molecular complexity index is 867. The van der Waals surface area contributed by atoms with Crippen LogP contribution in [0.4, 0.5) is 0 Å². The molecule has 1 aliphatic heterocycles. The van der Waals surface area contributed by atoms with E-state index in [2.05, 4.69) is 10.5 Å². The molecule has 0 aliphatic carbocycles. The Morgan fingerprint density at radius 1 is 1.18 bits per heavy atom. The second-order valence-corrected chi connectivity index (χ2v) is 6.46. The first kappa shape index (κ1) is 19.4. The molecular weight excluding hydrogens is 358 g/mol. The average molecular weight is 381 g/mol. The van der Waals surface area contributed by atoms with Gasteiger partial charge in [0.2, 0.25) is 5.91 Å². The third-order valence-corrected chi connectivity index (χ3v) is 4.65. The third-order valence-electron chi connectivity index (χ3n) is 4.65. The van der Waals surface area contributed by atoms with E-state index in [0.717, 1.165) is 5.56 Å². The van der Waals surface area contributed by atoms with E-state index in [9.17, 15) is 9.59 Å². The highest BCUT2D eigenvalue weighted by Crippen LogP contribution is 2.29. The molecular formula is C21H23N3O4. The van der Waals surface area contributed by atoms with Gasteiger partial charge in [0.05, 0.1) is 20.4 Å². The first-order chi connectivity index (χ1) is 13.6. The number of benzene rings is 2. The van der Waals surface area contributed by atoms with Gasteiger partial charge < -0.3 is 14.4 Å². The van der Waals surface area contributed by atoms with Gasteiger partial charge in [-0.15, -0.1) is 0 Å². The van der Waals surface area contributed by atoms with Crippen molar-refractivity contribution in [3.8, 4) is 11.5 Å². The quantitative estimate of drug-likeness (QED) is 0.589. The van der Waals surface area contributed by atoms with Crippen LogP contribution < -0.4 is 14.9 Å². The summed E-state index contributed by atoms with van der Waals surface area (Å²) in [4.78, 5) is 26.0. The van der Waals surface area contributed by atoms with Crippen LogP contribution in [0.5, 0.6) is 11.5 Å². The van der Waals surface area contributed by atoms with Crippen molar-refractivity contribution >= 4 is 18.0 Å². The number of hydrogen-bond donors (Lipinski definition) is 1. The number of hydrogen-bond acceptors (Lipinski definition) is 5. The summed E-state index contributed by atoms with van der Waals surface area (Å²) in [6.07, 6.45) is 1.90. The van der Waals surface area contributed by atoms with Gasteiger partial charge in [0.25, 0.3) is 5.91 Å². The summed E-state index contributed by atoms with van der Waals surface area (Å²) in [6.45, 7) is 0.512. The fourth-order valence-corrected chi connectivity index (χ4v) is 3.27. The van der Waals surface area contributed by atoms with E-state index in [4.69, 9.17) is 9.47 Å². The molecule has 0 spiro atoms. The van der Waals surface area contributed by atoms with Crippen LogP contribution in [-0.4, -0.2) is 50.2 Å². The minimum Gasteiger partial charge on any atom is -0.493 e. The summed E-state index contributed by atoms with van der Waals surface area (Å²) in [7, 11) is 3.09. The van der Waals surface area contributed by atoms with Gasteiger partial charge in [-0.25, -0.2) is 5.43 Å². The van der Waals surface area contributed by atoms with Crippen molar-refractivity contribution < 1.29 is 19.1 Å². The Hall–Kier alpha value is -3.35. The van der Waals surface area contributed by atoms with Gasteiger partial charge in [0.1, 0.15) is 6.54 Å². The van der Waals surface area contributed by atoms with Gasteiger partial charge in [-0.2, -0.15) is 5.10 Å². The number of hydrazone groups is 1. The van der Waals surface area contributed by atoms with Crippen molar-refractivity contribution in [1.29, 1.82) is 0 Å². The number of para-hydroxylation sites is 1. The molecule has 146 valence electrons. The number of methoxy groups -OCH3 is 2. The lowest BCUT2D eigenvalue weighted by Crippen LogP contribution is -2.36. The van der Waals surface area contributed by atoms with Gasteiger partial charge in [0.15, 0.2) is 11.5 Å². The Labute approximate surface area is 163 Å². The maximum absolute atomic E-state index is 12.2. The van der Waals surface area contributed by atoms with Crippen LogP contribution in [-0.2, 0) is 9.59 Å². The highest BCUT2D eigenvalue weighted by molar-refractivity contribution is 5.89. The molecule has 2 amide bonds. The zero-order valence-corrected chi connectivity index (χ0v) is 15.9. The topological polar surface area (TPSA) is 80.2 Å². The molecule has 3 rings (SSSR count). The number of ether oxygens (including phenoxy) is 2. The fourth-order valence-electron chi connectivity index (χ4n) is 3.27. The number of amides is 2. The number of carbonyl (C=O) groups excluding carboxylic acids is 2. The SMILES string of the molecule is COc1cccc(C=NNC(=O)CN2CC(c3ccccc3)CC2=O)c1OC. The van der Waals surface area contributed by atoms with Crippen LogP contribution in [0.2, 0.25) is 0 Å². The maximum atomic E-state index is 12.2. The van der Waals surface area contributed by atoms with Crippen molar-refractivity contribution in [2.75, 3.05) is 27.3 Å². The Morgan fingerprint density at radius 2 is 1.96 bits per heavy atom. The predicted molar refractivity (Wildman–Crippen MR) is 106 cm³/mol. The molecule has 1 saturated heterocycles. The highest BCUT2D eigenvalue weighted by Gasteiger charge is 2.31. The first-order valence-electron chi connectivity index (χ1n) is 8.98. The third kappa shape index (κ3) is 4.49. The van der Waals surface area contributed by atoms with Gasteiger partial charge in [0, 0.05) is 24.4 Å². The number of carbonyl (C=O) groups is 2. The van der Waals surface area contributed by atoms with E-state index in [-0.39, 0.29) is 24.3 Å². The van der Waals surface area contributed by atoms with Gasteiger partial charge in [-0.1, -0.05) is 36.4 Å². The van der Waals surface area contributed by atoms with Crippen LogP contribution in [0.3, 0.4) is 0 Å². The van der Waals surface area contributed by atoms with E-state index in [1.807, 2.05) is 30.3 Å². The van der Waals surface area contributed by atoms with Gasteiger partial charge in [-0.3, -0.25) is 9.59 Å². The lowest BCUT2D eigenvalue weighted by molar-refractivity contribution is -0.133. The zero-order valence-electron chi connectivity index (χ0n) is 15.9. The van der Waals surface area contributed by atoms with E-state index < -0.39 is 0 Å². The van der Waals surface area contributed by atoms with Crippen molar-refractivity contribution in [3.63, 3.8) is 0 Å². The molecule has 0 aromatic heterocycles. The molecule has 1 heterocycles. The molecule has 1 N–H and O–H groups in total. The first-order valence-corrected chi connectivity index (χ1v) is 8.98. The fraction of sp³-hybridized carbons (Fsp3) is 0.286. The second-order valence-electron chi connectivity index (χ2n) is 6.46. The smallest absolute Gasteiger partial charge is 0.259 e. The van der Waals surface area contributed by atoms with Crippen molar-refractivity contribution in [2.45, 2.75) is 12.3 Å². The monoisotopic (exact) mass is 381 g/mol. The molecule has 1 atom stereocenters. The molecule has 1 unspecified atom stereocenters. The van der Waals surface area contributed by atoms with E-state index in [1.165, 1.54) is 13.3 Å². The lowest BCUT2D eigenvalue weighted by atomic mass is 9.99. The summed E-state index contributed by atoms with van der Waals surface area (Å²) in [5.41, 5.74) is 4.25. The zero-order chi connectivity index (χ0) is 19.9. The van der Waals surface area contributed by atoms with Gasteiger partial charge >= 0.3 is 0 Å². The number of likely N-dealkylation sites (tertiary alicyclic amines) is 1. The van der Waals surface area contributed by atoms with E-state index in [1.54, 1.807) is 30.2 Å². The minimum absolute atomic E-state index is 0.0191. The maximum Gasteiger partial charge on any atom is 0.259 e. The highest BCUT2D eigenvalue weighted by atomic mass is 16.5. The Kier molecular flexibility index (Phi) is 6.26. The summed E-state index contributed by atoms with van der Waals surface area (Å²) >= 11 is 0. The summed E-state index contributed by atoms with van der Waals surface area (Å²) in [6, 6.07) is 15.2. The molecule has 7 nitrogen and oxygen atoms in total. The van der Waals surface area contributed by atoms with Crippen molar-refractivity contribution in [3.05, 3.63) is 59.7 Å². The lowest BCUT2D eigenvalue weighted by Gasteiger charge is -2.15. The van der Waals surface area contributed by atoms with Gasteiger partial charge in [-0.05, 0) is 17.7 Å². The molecule has 2 aromatic carbocycles. The molecule has 2 aromatic rings. The van der Waals surface area contributed by atoms with Crippen molar-refractivity contribution in [1.82, 2.24) is 10.3 Å². The van der Waals surface area contributed by atoms with Crippen LogP contribution >= 0.6 is 0 Å². The standard InChI is InChI=1S/C21H23N3O4/c1-27-18-10-6-9-16(21(18)28-2)12-22-23-19(25)14-24-13-17(11-20(24)26)15-7-4-3-5-8-15/h3-10,12,17H,11,13-14H2,1-2H3,(H,23,25). The molecule has 28 heavy (non-hydrogen) atoms. The van der Waals surface area contributed by atoms with Crippen LogP contribution in [0, 0.1) is 0 Å². The summed E-state index contributed by atoms with van der Waals surface area (Å²) in [5, 5.41) is 3.97. The van der Waals surface area contributed by atoms with E-state index >= 15 is 0 Å². The largest absolute Gasteiger partial charge is 0.493 e. The Balaban J connectivity index is 1.56. The normalized spacial score (nSPS) is 16.4. The molecule has 0 bridgehead atoms. The summed E-state index contributed by atoms with van der Waals surface area (Å²) < 4.78 is 10.6. The van der Waals surface area contributed by atoms with Crippen LogP contribution in [0.25, 0.3) is 0 Å². The molecule has 1 aliphatic rings. The van der Waals surface area contributed by atoms with Crippen LogP contribution in [0.15, 0.2) is 53.6 Å².